The van der Waals surface area contributed by atoms with Gasteiger partial charge in [0.2, 0.25) is 0 Å². The number of nitrogen functional groups attached to an aromatic ring is 1. The predicted molar refractivity (Wildman–Crippen MR) is 45.5 cm³/mol. The number of nitrogens with two attached hydrogens (primary N) is 1. The number of anilines is 1. The highest BCUT2D eigenvalue weighted by atomic mass is 19.2. The molecule has 1 aromatic rings. The average Bonchev–Trinajstić information content (AvgIpc) is 2.07. The van der Waals surface area contributed by atoms with Crippen LogP contribution in [0, 0.1) is 11.6 Å². The zero-order valence-electron chi connectivity index (χ0n) is 6.64. The van der Waals surface area contributed by atoms with Gasteiger partial charge in [-0.3, -0.25) is 0 Å². The van der Waals surface area contributed by atoms with E-state index in [1.165, 1.54) is 18.2 Å². The summed E-state index contributed by atoms with van der Waals surface area (Å²) in [7, 11) is 0. The summed E-state index contributed by atoms with van der Waals surface area (Å²) < 4.78 is 25.7. The van der Waals surface area contributed by atoms with Gasteiger partial charge in [-0.2, -0.15) is 0 Å². The van der Waals surface area contributed by atoms with Crippen LogP contribution in [0.1, 0.15) is 12.5 Å². The summed E-state index contributed by atoms with van der Waals surface area (Å²) in [6, 6.07) is 2.78. The highest BCUT2D eigenvalue weighted by Crippen LogP contribution is 2.18. The molecular formula is C9H9F2N. The van der Waals surface area contributed by atoms with Gasteiger partial charge in [-0.05, 0) is 19.1 Å². The third-order valence-electron chi connectivity index (χ3n) is 1.49. The molecule has 12 heavy (non-hydrogen) atoms. The van der Waals surface area contributed by atoms with Crippen molar-refractivity contribution in [1.82, 2.24) is 0 Å². The number of hydrogen-bond acceptors (Lipinski definition) is 1. The summed E-state index contributed by atoms with van der Waals surface area (Å²) >= 11 is 0. The van der Waals surface area contributed by atoms with Crippen LogP contribution >= 0.6 is 0 Å². The summed E-state index contributed by atoms with van der Waals surface area (Å²) in [5, 5.41) is 0. The molecule has 0 radical (unpaired) electrons. The van der Waals surface area contributed by atoms with E-state index in [4.69, 9.17) is 5.73 Å². The first-order valence-electron chi connectivity index (χ1n) is 3.53. The molecule has 0 aliphatic rings. The van der Waals surface area contributed by atoms with E-state index < -0.39 is 11.6 Å². The number of rotatable bonds is 1. The molecule has 0 atom stereocenters. The normalized spacial score (nSPS) is 10.9. The molecule has 0 aromatic heterocycles. The molecule has 0 unspecified atom stereocenters. The highest BCUT2D eigenvalue weighted by molar-refractivity contribution is 5.54. The maximum atomic E-state index is 12.9. The van der Waals surface area contributed by atoms with E-state index in [0.717, 1.165) is 0 Å². The van der Waals surface area contributed by atoms with Gasteiger partial charge in [0.15, 0.2) is 11.6 Å². The van der Waals surface area contributed by atoms with Crippen LogP contribution in [0.4, 0.5) is 14.5 Å². The van der Waals surface area contributed by atoms with Crippen LogP contribution in [0.15, 0.2) is 18.2 Å². The Labute approximate surface area is 69.5 Å². The Hall–Kier alpha value is -1.38. The zero-order chi connectivity index (χ0) is 9.14. The molecule has 0 saturated heterocycles. The van der Waals surface area contributed by atoms with Crippen molar-refractivity contribution >= 4 is 11.8 Å². The lowest BCUT2D eigenvalue weighted by atomic mass is 10.1. The lowest BCUT2D eigenvalue weighted by molar-refractivity contribution is 0.510. The Morgan fingerprint density at radius 1 is 1.25 bits per heavy atom. The van der Waals surface area contributed by atoms with Gasteiger partial charge in [-0.15, -0.1) is 0 Å². The lowest BCUT2D eigenvalue weighted by Gasteiger charge is -2.00. The third-order valence-corrected chi connectivity index (χ3v) is 1.49. The second kappa shape index (κ2) is 3.34. The molecule has 0 spiro atoms. The summed E-state index contributed by atoms with van der Waals surface area (Å²) in [5.74, 6) is -1.88. The van der Waals surface area contributed by atoms with Crippen LogP contribution in [-0.2, 0) is 0 Å². The first-order chi connectivity index (χ1) is 5.66. The van der Waals surface area contributed by atoms with E-state index in [1.54, 1.807) is 13.0 Å². The first-order valence-corrected chi connectivity index (χ1v) is 3.53. The lowest BCUT2D eigenvalue weighted by Crippen LogP contribution is -1.95. The minimum Gasteiger partial charge on any atom is -0.396 e. The zero-order valence-corrected chi connectivity index (χ0v) is 6.64. The van der Waals surface area contributed by atoms with Gasteiger partial charge >= 0.3 is 0 Å². The Bertz CT molecular complexity index is 319. The van der Waals surface area contributed by atoms with Gasteiger partial charge in [-0.25, -0.2) is 8.78 Å². The molecule has 0 amide bonds. The van der Waals surface area contributed by atoms with Gasteiger partial charge in [0, 0.05) is 5.56 Å². The van der Waals surface area contributed by atoms with Crippen molar-refractivity contribution in [2.45, 2.75) is 6.92 Å². The molecule has 0 heterocycles. The van der Waals surface area contributed by atoms with E-state index in [9.17, 15) is 8.78 Å². The van der Waals surface area contributed by atoms with Gasteiger partial charge in [0.1, 0.15) is 0 Å². The van der Waals surface area contributed by atoms with Crippen molar-refractivity contribution in [3.63, 3.8) is 0 Å². The molecule has 0 fully saturated rings. The van der Waals surface area contributed by atoms with Crippen molar-refractivity contribution < 1.29 is 8.78 Å². The largest absolute Gasteiger partial charge is 0.396 e. The molecule has 64 valence electrons. The van der Waals surface area contributed by atoms with E-state index in [-0.39, 0.29) is 11.3 Å². The average molecular weight is 169 g/mol. The van der Waals surface area contributed by atoms with E-state index >= 15 is 0 Å². The fourth-order valence-corrected chi connectivity index (χ4v) is 0.888. The third kappa shape index (κ3) is 1.44. The fourth-order valence-electron chi connectivity index (χ4n) is 0.888. The van der Waals surface area contributed by atoms with E-state index in [1.807, 2.05) is 0 Å². The second-order valence-electron chi connectivity index (χ2n) is 2.37. The summed E-state index contributed by atoms with van der Waals surface area (Å²) in [6.45, 7) is 1.73. The molecule has 1 aromatic carbocycles. The van der Waals surface area contributed by atoms with Crippen molar-refractivity contribution in [3.05, 3.63) is 35.4 Å². The Morgan fingerprint density at radius 3 is 2.50 bits per heavy atom. The Balaban J connectivity index is 3.26. The van der Waals surface area contributed by atoms with Crippen LogP contribution in [0.25, 0.3) is 6.08 Å². The quantitative estimate of drug-likeness (QED) is 0.642. The number of allylic oxidation sites excluding steroid dienone is 1. The molecule has 0 aliphatic heterocycles. The van der Waals surface area contributed by atoms with Crippen molar-refractivity contribution in [2.24, 2.45) is 0 Å². The first kappa shape index (κ1) is 8.71. The van der Waals surface area contributed by atoms with E-state index in [0.29, 0.717) is 0 Å². The number of benzene rings is 1. The Kier molecular flexibility index (Phi) is 2.43. The molecule has 3 heteroatoms. The number of hydrogen-bond donors (Lipinski definition) is 1. The summed E-state index contributed by atoms with van der Waals surface area (Å²) in [6.07, 6.45) is 3.12. The van der Waals surface area contributed by atoms with Crippen LogP contribution < -0.4 is 5.73 Å². The predicted octanol–water partition coefficient (Wildman–Crippen LogP) is 2.58. The van der Waals surface area contributed by atoms with Gasteiger partial charge < -0.3 is 5.73 Å². The standard InChI is InChI=1S/C9H9F2N/c1-2-3-6-4-5-7(12)9(11)8(6)10/h2-5H,12H2,1H3/b3-2+. The fraction of sp³-hybridized carbons (Fsp3) is 0.111. The maximum absolute atomic E-state index is 12.9. The van der Waals surface area contributed by atoms with Crippen LogP contribution in [0.2, 0.25) is 0 Å². The molecular weight excluding hydrogens is 160 g/mol. The molecule has 0 bridgehead atoms. The minimum atomic E-state index is -0.981. The topological polar surface area (TPSA) is 26.0 Å². The van der Waals surface area contributed by atoms with Crippen LogP contribution in [-0.4, -0.2) is 0 Å². The summed E-state index contributed by atoms with van der Waals surface area (Å²) in [5.41, 5.74) is 5.19. The molecule has 1 rings (SSSR count). The summed E-state index contributed by atoms with van der Waals surface area (Å²) in [4.78, 5) is 0. The van der Waals surface area contributed by atoms with Crippen molar-refractivity contribution in [1.29, 1.82) is 0 Å². The SMILES string of the molecule is C/C=C/c1ccc(N)c(F)c1F. The Morgan fingerprint density at radius 2 is 1.92 bits per heavy atom. The van der Waals surface area contributed by atoms with Crippen LogP contribution in [0.3, 0.4) is 0 Å². The van der Waals surface area contributed by atoms with Gasteiger partial charge in [0.05, 0.1) is 5.69 Å². The highest BCUT2D eigenvalue weighted by Gasteiger charge is 2.08. The monoisotopic (exact) mass is 169 g/mol. The van der Waals surface area contributed by atoms with Crippen molar-refractivity contribution in [2.75, 3.05) is 5.73 Å². The van der Waals surface area contributed by atoms with Gasteiger partial charge in [-0.1, -0.05) is 12.2 Å². The molecule has 1 nitrogen and oxygen atoms in total. The van der Waals surface area contributed by atoms with Crippen molar-refractivity contribution in [3.8, 4) is 0 Å². The molecule has 2 N–H and O–H groups in total. The molecule has 0 saturated carbocycles. The smallest absolute Gasteiger partial charge is 0.182 e. The second-order valence-corrected chi connectivity index (χ2v) is 2.37. The minimum absolute atomic E-state index is 0.166. The number of halogens is 2. The maximum Gasteiger partial charge on any atom is 0.182 e. The van der Waals surface area contributed by atoms with E-state index in [2.05, 4.69) is 0 Å². The van der Waals surface area contributed by atoms with Crippen LogP contribution in [0.5, 0.6) is 0 Å². The van der Waals surface area contributed by atoms with Gasteiger partial charge in [0.25, 0.3) is 0 Å². The molecule has 0 aliphatic carbocycles.